The van der Waals surface area contributed by atoms with Crippen LogP contribution in [-0.4, -0.2) is 34.5 Å². The summed E-state index contributed by atoms with van der Waals surface area (Å²) in [5.74, 6) is 0.556. The number of fused-ring (bicyclic) bond motifs is 1. The normalized spacial score (nSPS) is 15.5. The molecule has 1 amide bonds. The Morgan fingerprint density at radius 2 is 1.71 bits per heavy atom. The highest BCUT2D eigenvalue weighted by molar-refractivity contribution is 7.92. The number of ether oxygens (including phenoxy) is 1. The topological polar surface area (TPSA) is 66.9 Å². The van der Waals surface area contributed by atoms with Gasteiger partial charge in [0.05, 0.1) is 17.7 Å². The summed E-state index contributed by atoms with van der Waals surface area (Å²) in [4.78, 5) is 14.9. The second-order valence-corrected chi connectivity index (χ2v) is 9.39. The van der Waals surface area contributed by atoms with Gasteiger partial charge in [0.2, 0.25) is 0 Å². The number of amides is 1. The number of nitrogens with zero attached hydrogens (tertiary/aromatic N) is 2. The molecule has 1 aliphatic rings. The summed E-state index contributed by atoms with van der Waals surface area (Å²) >= 11 is 0. The van der Waals surface area contributed by atoms with E-state index in [1.165, 1.54) is 4.31 Å². The predicted octanol–water partition coefficient (Wildman–Crippen LogP) is 4.11. The van der Waals surface area contributed by atoms with Crippen LogP contribution in [0, 0.1) is 0 Å². The maximum absolute atomic E-state index is 13.2. The zero-order chi connectivity index (χ0) is 22.2. The first kappa shape index (κ1) is 20.9. The van der Waals surface area contributed by atoms with Gasteiger partial charge < -0.3 is 9.64 Å². The van der Waals surface area contributed by atoms with E-state index in [4.69, 9.17) is 4.74 Å². The molecule has 0 bridgehead atoms. The molecule has 0 aromatic heterocycles. The molecular weight excluding hydrogens is 412 g/mol. The SMILES string of the molecule is COc1ccc(N(C)C(=O)c2ccc3c(c2)C[C@@H](C)N3S(=O)(=O)c2ccccc2)cc1. The summed E-state index contributed by atoms with van der Waals surface area (Å²) in [7, 11) is -0.366. The zero-order valence-corrected chi connectivity index (χ0v) is 18.5. The summed E-state index contributed by atoms with van der Waals surface area (Å²) in [5, 5.41) is 0. The predicted molar refractivity (Wildman–Crippen MR) is 121 cm³/mol. The monoisotopic (exact) mass is 436 g/mol. The fourth-order valence-electron chi connectivity index (χ4n) is 3.92. The molecular formula is C24H24N2O4S. The molecule has 0 radical (unpaired) electrons. The quantitative estimate of drug-likeness (QED) is 0.604. The molecule has 0 aliphatic carbocycles. The van der Waals surface area contributed by atoms with Crippen LogP contribution in [-0.2, 0) is 16.4 Å². The van der Waals surface area contributed by atoms with Crippen LogP contribution in [0.1, 0.15) is 22.8 Å². The van der Waals surface area contributed by atoms with Crippen molar-refractivity contribution >= 4 is 27.3 Å². The number of hydrogen-bond donors (Lipinski definition) is 0. The van der Waals surface area contributed by atoms with Gasteiger partial charge in [0.25, 0.3) is 15.9 Å². The van der Waals surface area contributed by atoms with Gasteiger partial charge in [-0.05, 0) is 73.5 Å². The lowest BCUT2D eigenvalue weighted by Gasteiger charge is -2.24. The first-order valence-electron chi connectivity index (χ1n) is 9.97. The van der Waals surface area contributed by atoms with Crippen molar-refractivity contribution in [2.24, 2.45) is 0 Å². The molecule has 1 atom stereocenters. The van der Waals surface area contributed by atoms with E-state index in [2.05, 4.69) is 0 Å². The summed E-state index contributed by atoms with van der Waals surface area (Å²) in [6, 6.07) is 20.6. The molecule has 1 aliphatic heterocycles. The second kappa shape index (κ2) is 8.07. The highest BCUT2D eigenvalue weighted by Crippen LogP contribution is 2.37. The molecule has 160 valence electrons. The van der Waals surface area contributed by atoms with Crippen LogP contribution in [0.3, 0.4) is 0 Å². The van der Waals surface area contributed by atoms with Crippen LogP contribution in [0.5, 0.6) is 5.75 Å². The van der Waals surface area contributed by atoms with Gasteiger partial charge in [0.1, 0.15) is 5.75 Å². The number of sulfonamides is 1. The van der Waals surface area contributed by atoms with E-state index in [-0.39, 0.29) is 16.8 Å². The highest BCUT2D eigenvalue weighted by atomic mass is 32.2. The summed E-state index contributed by atoms with van der Waals surface area (Å²) < 4.78 is 33.0. The molecule has 0 spiro atoms. The first-order valence-corrected chi connectivity index (χ1v) is 11.4. The molecule has 0 unspecified atom stereocenters. The largest absolute Gasteiger partial charge is 0.497 e. The maximum Gasteiger partial charge on any atom is 0.264 e. The summed E-state index contributed by atoms with van der Waals surface area (Å²) in [5.41, 5.74) is 2.73. The molecule has 0 saturated carbocycles. The van der Waals surface area contributed by atoms with Crippen molar-refractivity contribution in [2.45, 2.75) is 24.3 Å². The maximum atomic E-state index is 13.2. The van der Waals surface area contributed by atoms with Crippen LogP contribution in [0.25, 0.3) is 0 Å². The van der Waals surface area contributed by atoms with Crippen molar-refractivity contribution in [1.29, 1.82) is 0 Å². The van der Waals surface area contributed by atoms with Crippen molar-refractivity contribution in [3.05, 3.63) is 83.9 Å². The number of benzene rings is 3. The van der Waals surface area contributed by atoms with Gasteiger partial charge in [-0.2, -0.15) is 0 Å². The van der Waals surface area contributed by atoms with Gasteiger partial charge in [-0.15, -0.1) is 0 Å². The van der Waals surface area contributed by atoms with E-state index in [1.54, 1.807) is 79.7 Å². The van der Waals surface area contributed by atoms with Gasteiger partial charge in [-0.25, -0.2) is 8.42 Å². The number of hydrogen-bond acceptors (Lipinski definition) is 4. The molecule has 3 aromatic carbocycles. The Morgan fingerprint density at radius 3 is 2.35 bits per heavy atom. The Labute approximate surface area is 182 Å². The fraction of sp³-hybridized carbons (Fsp3) is 0.208. The minimum absolute atomic E-state index is 0.162. The van der Waals surface area contributed by atoms with Crippen molar-refractivity contribution in [1.82, 2.24) is 0 Å². The van der Waals surface area contributed by atoms with Gasteiger partial charge in [0.15, 0.2) is 0 Å². The van der Waals surface area contributed by atoms with E-state index < -0.39 is 10.0 Å². The molecule has 0 saturated heterocycles. The van der Waals surface area contributed by atoms with Gasteiger partial charge in [-0.3, -0.25) is 9.10 Å². The molecule has 7 heteroatoms. The van der Waals surface area contributed by atoms with E-state index in [0.717, 1.165) is 17.0 Å². The number of anilines is 2. The van der Waals surface area contributed by atoms with Gasteiger partial charge in [-0.1, -0.05) is 18.2 Å². The average molecular weight is 437 g/mol. The lowest BCUT2D eigenvalue weighted by Crippen LogP contribution is -2.35. The van der Waals surface area contributed by atoms with Crippen LogP contribution in [0.15, 0.2) is 77.7 Å². The van der Waals surface area contributed by atoms with Crippen molar-refractivity contribution < 1.29 is 17.9 Å². The molecule has 4 rings (SSSR count). The molecule has 3 aromatic rings. The number of carbonyl (C=O) groups excluding carboxylic acids is 1. The number of rotatable bonds is 5. The molecule has 1 heterocycles. The van der Waals surface area contributed by atoms with Crippen molar-refractivity contribution in [3.8, 4) is 5.75 Å². The van der Waals surface area contributed by atoms with Crippen LogP contribution >= 0.6 is 0 Å². The van der Waals surface area contributed by atoms with E-state index in [9.17, 15) is 13.2 Å². The third kappa shape index (κ3) is 3.77. The minimum Gasteiger partial charge on any atom is -0.497 e. The van der Waals surface area contributed by atoms with E-state index in [1.807, 2.05) is 19.1 Å². The fourth-order valence-corrected chi connectivity index (χ4v) is 5.64. The number of carbonyl (C=O) groups is 1. The minimum atomic E-state index is -3.67. The molecule has 0 N–H and O–H groups in total. The Bertz CT molecular complexity index is 1210. The lowest BCUT2D eigenvalue weighted by atomic mass is 10.1. The molecule has 6 nitrogen and oxygen atoms in total. The second-order valence-electron chi connectivity index (χ2n) is 7.57. The molecule has 31 heavy (non-hydrogen) atoms. The van der Waals surface area contributed by atoms with Gasteiger partial charge >= 0.3 is 0 Å². The average Bonchev–Trinajstić information content (AvgIpc) is 3.14. The Balaban J connectivity index is 1.63. The Morgan fingerprint density at radius 1 is 1.03 bits per heavy atom. The zero-order valence-electron chi connectivity index (χ0n) is 17.6. The third-order valence-corrected chi connectivity index (χ3v) is 7.49. The van der Waals surface area contributed by atoms with Crippen molar-refractivity contribution in [2.75, 3.05) is 23.4 Å². The number of methoxy groups -OCH3 is 1. The Hall–Kier alpha value is -3.32. The van der Waals surface area contributed by atoms with Crippen LogP contribution in [0.2, 0.25) is 0 Å². The van der Waals surface area contributed by atoms with Crippen molar-refractivity contribution in [3.63, 3.8) is 0 Å². The highest BCUT2D eigenvalue weighted by Gasteiger charge is 2.36. The lowest BCUT2D eigenvalue weighted by molar-refractivity contribution is 0.0993. The summed E-state index contributed by atoms with van der Waals surface area (Å²) in [6.07, 6.45) is 0.550. The standard InChI is InChI=1S/C24H24N2O4S/c1-17-15-19-16-18(24(27)25(2)20-10-12-21(30-3)13-11-20)9-14-23(19)26(17)31(28,29)22-7-5-4-6-8-22/h4-14,16-17H,15H2,1-3H3/t17-/m1/s1. The Kier molecular flexibility index (Phi) is 5.45. The van der Waals surface area contributed by atoms with E-state index in [0.29, 0.717) is 17.7 Å². The first-order chi connectivity index (χ1) is 14.8. The summed E-state index contributed by atoms with van der Waals surface area (Å²) in [6.45, 7) is 1.88. The third-order valence-electron chi connectivity index (χ3n) is 5.54. The molecule has 0 fully saturated rings. The smallest absolute Gasteiger partial charge is 0.264 e. The van der Waals surface area contributed by atoms with Gasteiger partial charge in [0, 0.05) is 24.3 Å². The van der Waals surface area contributed by atoms with Crippen LogP contribution < -0.4 is 13.9 Å². The van der Waals surface area contributed by atoms with Crippen LogP contribution in [0.4, 0.5) is 11.4 Å². The van der Waals surface area contributed by atoms with E-state index >= 15 is 0 Å².